The summed E-state index contributed by atoms with van der Waals surface area (Å²) in [7, 11) is 1.51. The average molecular weight is 223 g/mol. The Bertz CT molecular complexity index is 316. The van der Waals surface area contributed by atoms with E-state index in [9.17, 15) is 4.79 Å². The molecular weight excluding hydrogens is 206 g/mol. The largest absolute Gasteiger partial charge is 0.383 e. The lowest BCUT2D eigenvalue weighted by molar-refractivity contribution is -0.123. The molecule has 1 aromatic heterocycles. The second-order valence-electron chi connectivity index (χ2n) is 3.42. The van der Waals surface area contributed by atoms with E-state index in [1.54, 1.807) is 6.20 Å². The van der Waals surface area contributed by atoms with Crippen LogP contribution >= 0.6 is 0 Å². The molecular formula is C11H17N3O2. The molecule has 1 atom stereocenters. The number of nitrogens with two attached hydrogens (primary N) is 1. The number of methoxy groups -OCH3 is 1. The first kappa shape index (κ1) is 12.6. The highest BCUT2D eigenvalue weighted by molar-refractivity contribution is 5.81. The van der Waals surface area contributed by atoms with E-state index in [1.165, 1.54) is 7.11 Å². The number of nitrogens with zero attached hydrogens (tertiary/aromatic N) is 1. The quantitative estimate of drug-likeness (QED) is 0.695. The standard InChI is InChI=1S/C11H17N3O2/c1-16-8-10(12)11(15)14-7-5-9-4-2-3-6-13-9/h2-4,6,10H,5,7-8,12H2,1H3,(H,14,15). The molecule has 1 unspecified atom stereocenters. The Morgan fingerprint density at radius 2 is 2.44 bits per heavy atom. The number of carbonyl (C=O) groups excluding carboxylic acids is 1. The second-order valence-corrected chi connectivity index (χ2v) is 3.42. The maximum Gasteiger partial charge on any atom is 0.239 e. The van der Waals surface area contributed by atoms with Gasteiger partial charge in [0.2, 0.25) is 5.91 Å². The lowest BCUT2D eigenvalue weighted by Gasteiger charge is -2.10. The van der Waals surface area contributed by atoms with Crippen molar-refractivity contribution in [3.05, 3.63) is 30.1 Å². The summed E-state index contributed by atoms with van der Waals surface area (Å²) in [6, 6.07) is 5.09. The molecule has 16 heavy (non-hydrogen) atoms. The van der Waals surface area contributed by atoms with Crippen molar-refractivity contribution < 1.29 is 9.53 Å². The van der Waals surface area contributed by atoms with E-state index in [0.717, 1.165) is 5.69 Å². The Kier molecular flexibility index (Phi) is 5.45. The first-order valence-corrected chi connectivity index (χ1v) is 5.16. The van der Waals surface area contributed by atoms with Gasteiger partial charge >= 0.3 is 0 Å². The van der Waals surface area contributed by atoms with Gasteiger partial charge in [-0.1, -0.05) is 6.07 Å². The average Bonchev–Trinajstić information content (AvgIpc) is 2.30. The van der Waals surface area contributed by atoms with Gasteiger partial charge in [-0.25, -0.2) is 0 Å². The summed E-state index contributed by atoms with van der Waals surface area (Å²) in [5.74, 6) is -0.196. The van der Waals surface area contributed by atoms with Gasteiger partial charge in [-0.15, -0.1) is 0 Å². The van der Waals surface area contributed by atoms with Crippen LogP contribution in [0.15, 0.2) is 24.4 Å². The van der Waals surface area contributed by atoms with Gasteiger partial charge in [0.1, 0.15) is 6.04 Å². The highest BCUT2D eigenvalue weighted by Crippen LogP contribution is 1.93. The molecule has 0 spiro atoms. The molecule has 0 aromatic carbocycles. The third-order valence-electron chi connectivity index (χ3n) is 2.09. The van der Waals surface area contributed by atoms with Crippen molar-refractivity contribution in [2.45, 2.75) is 12.5 Å². The van der Waals surface area contributed by atoms with Crippen molar-refractivity contribution in [2.75, 3.05) is 20.3 Å². The van der Waals surface area contributed by atoms with Crippen LogP contribution in [0.1, 0.15) is 5.69 Å². The molecule has 5 heteroatoms. The molecule has 88 valence electrons. The Hall–Kier alpha value is -1.46. The molecule has 0 radical (unpaired) electrons. The second kappa shape index (κ2) is 6.92. The molecule has 0 fully saturated rings. The molecule has 1 aromatic rings. The smallest absolute Gasteiger partial charge is 0.239 e. The van der Waals surface area contributed by atoms with Crippen LogP contribution in [-0.2, 0) is 16.0 Å². The first-order chi connectivity index (χ1) is 7.74. The van der Waals surface area contributed by atoms with Crippen molar-refractivity contribution in [3.63, 3.8) is 0 Å². The number of pyridine rings is 1. The van der Waals surface area contributed by atoms with Gasteiger partial charge in [0, 0.05) is 32.0 Å². The van der Waals surface area contributed by atoms with Crippen LogP contribution in [0.4, 0.5) is 0 Å². The molecule has 0 aliphatic rings. The van der Waals surface area contributed by atoms with E-state index >= 15 is 0 Å². The summed E-state index contributed by atoms with van der Waals surface area (Å²) in [6.45, 7) is 0.767. The monoisotopic (exact) mass is 223 g/mol. The van der Waals surface area contributed by atoms with Gasteiger partial charge in [-0.2, -0.15) is 0 Å². The molecule has 0 saturated heterocycles. The number of ether oxygens (including phenoxy) is 1. The predicted octanol–water partition coefficient (Wildman–Crippen LogP) is -0.286. The minimum Gasteiger partial charge on any atom is -0.383 e. The number of hydrogen-bond acceptors (Lipinski definition) is 4. The van der Waals surface area contributed by atoms with Crippen LogP contribution in [0.2, 0.25) is 0 Å². The predicted molar refractivity (Wildman–Crippen MR) is 60.8 cm³/mol. The summed E-state index contributed by atoms with van der Waals surface area (Å²) in [4.78, 5) is 15.5. The molecule has 0 saturated carbocycles. The zero-order valence-electron chi connectivity index (χ0n) is 9.35. The number of carbonyl (C=O) groups is 1. The maximum atomic E-state index is 11.4. The van der Waals surface area contributed by atoms with Crippen molar-refractivity contribution >= 4 is 5.91 Å². The topological polar surface area (TPSA) is 77.2 Å². The Balaban J connectivity index is 2.23. The number of rotatable bonds is 6. The Morgan fingerprint density at radius 3 is 3.06 bits per heavy atom. The van der Waals surface area contributed by atoms with Gasteiger partial charge in [0.05, 0.1) is 6.61 Å². The lowest BCUT2D eigenvalue weighted by Crippen LogP contribution is -2.44. The number of amides is 1. The third-order valence-corrected chi connectivity index (χ3v) is 2.09. The molecule has 0 aliphatic carbocycles. The lowest BCUT2D eigenvalue weighted by atomic mass is 10.2. The molecule has 0 aliphatic heterocycles. The van der Waals surface area contributed by atoms with Crippen molar-refractivity contribution in [3.8, 4) is 0 Å². The van der Waals surface area contributed by atoms with E-state index in [0.29, 0.717) is 13.0 Å². The van der Waals surface area contributed by atoms with Crippen LogP contribution in [0.3, 0.4) is 0 Å². The third kappa shape index (κ3) is 4.37. The zero-order chi connectivity index (χ0) is 11.8. The zero-order valence-corrected chi connectivity index (χ0v) is 9.35. The van der Waals surface area contributed by atoms with Crippen molar-refractivity contribution in [2.24, 2.45) is 5.73 Å². The molecule has 1 heterocycles. The van der Waals surface area contributed by atoms with E-state index in [2.05, 4.69) is 10.3 Å². The summed E-state index contributed by atoms with van der Waals surface area (Å²) in [5.41, 5.74) is 6.50. The highest BCUT2D eigenvalue weighted by Gasteiger charge is 2.11. The van der Waals surface area contributed by atoms with Gasteiger partial charge in [-0.05, 0) is 12.1 Å². The van der Waals surface area contributed by atoms with Crippen LogP contribution in [-0.4, -0.2) is 37.2 Å². The SMILES string of the molecule is COCC(N)C(=O)NCCc1ccccn1. The molecule has 1 rings (SSSR count). The van der Waals surface area contributed by atoms with Gasteiger partial charge in [0.15, 0.2) is 0 Å². The van der Waals surface area contributed by atoms with E-state index in [-0.39, 0.29) is 12.5 Å². The fourth-order valence-corrected chi connectivity index (χ4v) is 1.25. The van der Waals surface area contributed by atoms with E-state index in [4.69, 9.17) is 10.5 Å². The summed E-state index contributed by atoms with van der Waals surface area (Å²) >= 11 is 0. The maximum absolute atomic E-state index is 11.4. The highest BCUT2D eigenvalue weighted by atomic mass is 16.5. The summed E-state index contributed by atoms with van der Waals surface area (Å²) in [6.07, 6.45) is 2.43. The van der Waals surface area contributed by atoms with Crippen LogP contribution < -0.4 is 11.1 Å². The van der Waals surface area contributed by atoms with Crippen molar-refractivity contribution in [1.82, 2.24) is 10.3 Å². The summed E-state index contributed by atoms with van der Waals surface area (Å²) in [5, 5.41) is 2.73. The van der Waals surface area contributed by atoms with Crippen LogP contribution in [0.25, 0.3) is 0 Å². The van der Waals surface area contributed by atoms with Gasteiger partial charge in [0.25, 0.3) is 0 Å². The van der Waals surface area contributed by atoms with Crippen molar-refractivity contribution in [1.29, 1.82) is 0 Å². The fourth-order valence-electron chi connectivity index (χ4n) is 1.25. The number of aromatic nitrogens is 1. The van der Waals surface area contributed by atoms with Crippen LogP contribution in [0, 0.1) is 0 Å². The number of hydrogen-bond donors (Lipinski definition) is 2. The first-order valence-electron chi connectivity index (χ1n) is 5.16. The minimum absolute atomic E-state index is 0.196. The molecule has 1 amide bonds. The fraction of sp³-hybridized carbons (Fsp3) is 0.455. The molecule has 3 N–H and O–H groups in total. The number of nitrogens with one attached hydrogen (secondary N) is 1. The van der Waals surface area contributed by atoms with E-state index in [1.807, 2.05) is 18.2 Å². The van der Waals surface area contributed by atoms with Crippen LogP contribution in [0.5, 0.6) is 0 Å². The van der Waals surface area contributed by atoms with Gasteiger partial charge in [-0.3, -0.25) is 9.78 Å². The van der Waals surface area contributed by atoms with E-state index < -0.39 is 6.04 Å². The molecule has 5 nitrogen and oxygen atoms in total. The normalized spacial score (nSPS) is 12.1. The Labute approximate surface area is 95.0 Å². The Morgan fingerprint density at radius 1 is 1.62 bits per heavy atom. The van der Waals surface area contributed by atoms with Gasteiger partial charge < -0.3 is 15.8 Å². The minimum atomic E-state index is -0.603. The molecule has 0 bridgehead atoms. The summed E-state index contributed by atoms with van der Waals surface area (Å²) < 4.78 is 4.79.